The van der Waals surface area contributed by atoms with Gasteiger partial charge in [0.25, 0.3) is 0 Å². The van der Waals surface area contributed by atoms with Crippen LogP contribution < -0.4 is 4.74 Å². The molecule has 0 saturated carbocycles. The Morgan fingerprint density at radius 3 is 2.60 bits per heavy atom. The smallest absolute Gasteiger partial charge is 0.129 e. The summed E-state index contributed by atoms with van der Waals surface area (Å²) in [6.07, 6.45) is 5.91. The van der Waals surface area contributed by atoms with E-state index in [0.717, 1.165) is 25.1 Å². The molecule has 0 bridgehead atoms. The van der Waals surface area contributed by atoms with Crippen molar-refractivity contribution in [1.82, 2.24) is 9.88 Å². The maximum atomic E-state index is 6.18. The lowest BCUT2D eigenvalue weighted by atomic mass is 10.0. The van der Waals surface area contributed by atoms with Gasteiger partial charge in [0.05, 0.1) is 5.52 Å². The van der Waals surface area contributed by atoms with E-state index in [9.17, 15) is 0 Å². The maximum Gasteiger partial charge on any atom is 0.129 e. The molecular formula is C22H26N2O. The summed E-state index contributed by atoms with van der Waals surface area (Å²) in [5, 5.41) is 1.21. The SMILES string of the molecule is C=CCc1ccc(OCc2ccccc2)c2c(CCN(C)C)c[nH]c12. The number of fused-ring (bicyclic) bond motifs is 1. The zero-order valence-corrected chi connectivity index (χ0v) is 15.1. The molecule has 3 rings (SSSR count). The molecule has 3 heteroatoms. The van der Waals surface area contributed by atoms with E-state index in [4.69, 9.17) is 4.74 Å². The number of allylic oxidation sites excluding steroid dienone is 1. The first-order chi connectivity index (χ1) is 12.2. The van der Waals surface area contributed by atoms with Gasteiger partial charge in [0.1, 0.15) is 12.4 Å². The zero-order valence-electron chi connectivity index (χ0n) is 15.1. The van der Waals surface area contributed by atoms with E-state index < -0.39 is 0 Å². The number of likely N-dealkylation sites (N-methyl/N-ethyl adjacent to an activating group) is 1. The van der Waals surface area contributed by atoms with E-state index in [0.29, 0.717) is 6.61 Å². The van der Waals surface area contributed by atoms with Crippen LogP contribution in [-0.2, 0) is 19.4 Å². The minimum Gasteiger partial charge on any atom is -0.488 e. The number of hydrogen-bond acceptors (Lipinski definition) is 2. The molecule has 0 atom stereocenters. The van der Waals surface area contributed by atoms with Gasteiger partial charge in [0.15, 0.2) is 0 Å². The Bertz CT molecular complexity index is 834. The molecule has 1 aromatic heterocycles. The molecule has 25 heavy (non-hydrogen) atoms. The van der Waals surface area contributed by atoms with Crippen molar-refractivity contribution in [3.8, 4) is 5.75 Å². The monoisotopic (exact) mass is 334 g/mol. The van der Waals surface area contributed by atoms with E-state index in [1.807, 2.05) is 24.3 Å². The van der Waals surface area contributed by atoms with Gasteiger partial charge in [-0.05, 0) is 49.7 Å². The lowest BCUT2D eigenvalue weighted by molar-refractivity contribution is 0.310. The van der Waals surface area contributed by atoms with E-state index in [-0.39, 0.29) is 0 Å². The van der Waals surface area contributed by atoms with Crippen molar-refractivity contribution in [2.24, 2.45) is 0 Å². The van der Waals surface area contributed by atoms with E-state index >= 15 is 0 Å². The van der Waals surface area contributed by atoms with Crippen LogP contribution >= 0.6 is 0 Å². The van der Waals surface area contributed by atoms with Crippen molar-refractivity contribution in [3.05, 3.63) is 78.0 Å². The summed E-state index contributed by atoms with van der Waals surface area (Å²) in [6.45, 7) is 5.46. The Kier molecular flexibility index (Phi) is 5.56. The lowest BCUT2D eigenvalue weighted by Crippen LogP contribution is -2.14. The Labute approximate surface area is 149 Å². The average molecular weight is 334 g/mol. The lowest BCUT2D eigenvalue weighted by Gasteiger charge is -2.13. The highest BCUT2D eigenvalue weighted by Gasteiger charge is 2.13. The maximum absolute atomic E-state index is 6.18. The summed E-state index contributed by atoms with van der Waals surface area (Å²) < 4.78 is 6.18. The minimum atomic E-state index is 0.578. The Morgan fingerprint density at radius 2 is 1.88 bits per heavy atom. The van der Waals surface area contributed by atoms with Gasteiger partial charge in [-0.3, -0.25) is 0 Å². The molecule has 0 unspecified atom stereocenters. The standard InChI is InChI=1S/C22H26N2O/c1-4-8-18-11-12-20(25-16-17-9-6-5-7-10-17)21-19(13-14-24(2)3)15-23-22(18)21/h4-7,9-12,15,23H,1,8,13-14,16H2,2-3H3. The third-order valence-corrected chi connectivity index (χ3v) is 4.40. The molecule has 0 spiro atoms. The molecule has 0 aliphatic carbocycles. The highest BCUT2D eigenvalue weighted by Crippen LogP contribution is 2.32. The third kappa shape index (κ3) is 4.12. The van der Waals surface area contributed by atoms with E-state index in [2.05, 4.69) is 61.0 Å². The first kappa shape index (κ1) is 17.3. The third-order valence-electron chi connectivity index (χ3n) is 4.40. The van der Waals surface area contributed by atoms with Gasteiger partial charge in [-0.2, -0.15) is 0 Å². The van der Waals surface area contributed by atoms with Crippen molar-refractivity contribution < 1.29 is 4.74 Å². The predicted octanol–water partition coefficient (Wildman–Crippen LogP) is 4.58. The predicted molar refractivity (Wildman–Crippen MR) is 105 cm³/mol. The molecule has 0 aliphatic rings. The van der Waals surface area contributed by atoms with Crippen molar-refractivity contribution in [2.75, 3.05) is 20.6 Å². The van der Waals surface area contributed by atoms with E-state index in [1.54, 1.807) is 0 Å². The highest BCUT2D eigenvalue weighted by atomic mass is 16.5. The van der Waals surface area contributed by atoms with Crippen LogP contribution in [0.2, 0.25) is 0 Å². The molecule has 0 fully saturated rings. The average Bonchev–Trinajstić information content (AvgIpc) is 3.05. The van der Waals surface area contributed by atoms with Gasteiger partial charge in [-0.25, -0.2) is 0 Å². The molecule has 1 heterocycles. The van der Waals surface area contributed by atoms with Gasteiger partial charge in [-0.15, -0.1) is 6.58 Å². The quantitative estimate of drug-likeness (QED) is 0.611. The number of ether oxygens (including phenoxy) is 1. The second kappa shape index (κ2) is 8.04. The van der Waals surface area contributed by atoms with Crippen LogP contribution in [0.1, 0.15) is 16.7 Å². The largest absolute Gasteiger partial charge is 0.488 e. The molecule has 130 valence electrons. The minimum absolute atomic E-state index is 0.578. The highest BCUT2D eigenvalue weighted by molar-refractivity contribution is 5.92. The second-order valence-electron chi connectivity index (χ2n) is 6.61. The Hall–Kier alpha value is -2.52. The van der Waals surface area contributed by atoms with Crippen molar-refractivity contribution in [3.63, 3.8) is 0 Å². The normalized spacial score (nSPS) is 11.2. The first-order valence-corrected chi connectivity index (χ1v) is 8.73. The summed E-state index contributed by atoms with van der Waals surface area (Å²) in [5.74, 6) is 0.946. The molecule has 0 saturated heterocycles. The summed E-state index contributed by atoms with van der Waals surface area (Å²) in [5.41, 5.74) is 4.90. The topological polar surface area (TPSA) is 28.3 Å². The molecule has 1 N–H and O–H groups in total. The van der Waals surface area contributed by atoms with Crippen LogP contribution in [0.5, 0.6) is 5.75 Å². The summed E-state index contributed by atoms with van der Waals surface area (Å²) in [7, 11) is 4.20. The van der Waals surface area contributed by atoms with Crippen LogP contribution in [-0.4, -0.2) is 30.5 Å². The number of H-pyrrole nitrogens is 1. The number of aromatic nitrogens is 1. The van der Waals surface area contributed by atoms with Gasteiger partial charge < -0.3 is 14.6 Å². The summed E-state index contributed by atoms with van der Waals surface area (Å²) >= 11 is 0. The molecular weight excluding hydrogens is 308 g/mol. The van der Waals surface area contributed by atoms with Crippen LogP contribution in [0.15, 0.2) is 61.3 Å². The molecule has 0 aliphatic heterocycles. The summed E-state index contributed by atoms with van der Waals surface area (Å²) in [4.78, 5) is 5.66. The van der Waals surface area contributed by atoms with Crippen LogP contribution in [0.25, 0.3) is 10.9 Å². The molecule has 0 radical (unpaired) electrons. The zero-order chi connectivity index (χ0) is 17.6. The van der Waals surface area contributed by atoms with Gasteiger partial charge in [0, 0.05) is 18.1 Å². The molecule has 3 nitrogen and oxygen atoms in total. The van der Waals surface area contributed by atoms with Crippen LogP contribution in [0, 0.1) is 0 Å². The van der Waals surface area contributed by atoms with E-state index in [1.165, 1.54) is 27.6 Å². The molecule has 0 amide bonds. The Morgan fingerprint density at radius 1 is 1.08 bits per heavy atom. The van der Waals surface area contributed by atoms with Crippen molar-refractivity contribution in [1.29, 1.82) is 0 Å². The number of nitrogens with one attached hydrogen (secondary N) is 1. The number of rotatable bonds is 8. The number of benzene rings is 2. The fourth-order valence-electron chi connectivity index (χ4n) is 3.06. The molecule has 3 aromatic rings. The number of hydrogen-bond donors (Lipinski definition) is 1. The van der Waals surface area contributed by atoms with Gasteiger partial charge in [0.2, 0.25) is 0 Å². The fourth-order valence-corrected chi connectivity index (χ4v) is 3.06. The number of nitrogens with zero attached hydrogens (tertiary/aromatic N) is 1. The first-order valence-electron chi connectivity index (χ1n) is 8.73. The van der Waals surface area contributed by atoms with Crippen molar-refractivity contribution >= 4 is 10.9 Å². The molecule has 2 aromatic carbocycles. The number of aromatic amines is 1. The summed E-state index contributed by atoms with van der Waals surface area (Å²) in [6, 6.07) is 14.5. The van der Waals surface area contributed by atoms with Crippen LogP contribution in [0.4, 0.5) is 0 Å². The second-order valence-corrected chi connectivity index (χ2v) is 6.61. The fraction of sp³-hybridized carbons (Fsp3) is 0.273. The van der Waals surface area contributed by atoms with Gasteiger partial charge in [-0.1, -0.05) is 42.5 Å². The van der Waals surface area contributed by atoms with Gasteiger partial charge >= 0.3 is 0 Å². The van der Waals surface area contributed by atoms with Crippen molar-refractivity contribution in [2.45, 2.75) is 19.4 Å². The Balaban J connectivity index is 1.93. The van der Waals surface area contributed by atoms with Crippen LogP contribution in [0.3, 0.4) is 0 Å².